The lowest BCUT2D eigenvalue weighted by atomic mass is 10.1. The molecule has 0 bridgehead atoms. The molecule has 25 heavy (non-hydrogen) atoms. The topological polar surface area (TPSA) is 55.8 Å². The molecule has 5 nitrogen and oxygen atoms in total. The summed E-state index contributed by atoms with van der Waals surface area (Å²) in [5.41, 5.74) is 2.65. The van der Waals surface area contributed by atoms with Crippen molar-refractivity contribution in [2.45, 2.75) is 13.5 Å². The van der Waals surface area contributed by atoms with E-state index in [1.807, 2.05) is 31.2 Å². The van der Waals surface area contributed by atoms with E-state index in [2.05, 4.69) is 15.9 Å². The van der Waals surface area contributed by atoms with Crippen LogP contribution in [0.2, 0.25) is 0 Å². The second-order valence-electron chi connectivity index (χ2n) is 5.61. The summed E-state index contributed by atoms with van der Waals surface area (Å²) >= 11 is 3.29. The van der Waals surface area contributed by atoms with E-state index in [0.717, 1.165) is 11.1 Å². The first-order chi connectivity index (χ1) is 12.0. The van der Waals surface area contributed by atoms with E-state index in [9.17, 15) is 9.59 Å². The molecule has 132 valence electrons. The Balaban J connectivity index is 2.04. The van der Waals surface area contributed by atoms with Crippen molar-refractivity contribution in [2.75, 3.05) is 20.8 Å². The molecule has 0 saturated carbocycles. The van der Waals surface area contributed by atoms with Gasteiger partial charge >= 0.3 is 0 Å². The van der Waals surface area contributed by atoms with Crippen molar-refractivity contribution in [3.63, 3.8) is 0 Å². The van der Waals surface area contributed by atoms with Crippen LogP contribution in [0.3, 0.4) is 0 Å². The number of aryl methyl sites for hydroxylation is 1. The Labute approximate surface area is 155 Å². The van der Waals surface area contributed by atoms with E-state index in [0.29, 0.717) is 34.4 Å². The lowest BCUT2D eigenvalue weighted by Crippen LogP contribution is -2.31. The summed E-state index contributed by atoms with van der Waals surface area (Å²) in [6, 6.07) is 11.1. The Bertz CT molecular complexity index is 776. The van der Waals surface area contributed by atoms with Gasteiger partial charge in [-0.05, 0) is 46.1 Å². The molecule has 2 aromatic carbocycles. The van der Waals surface area contributed by atoms with Gasteiger partial charge in [-0.15, -0.1) is 0 Å². The van der Waals surface area contributed by atoms with Crippen LogP contribution in [0, 0.1) is 6.92 Å². The molecule has 1 amide bonds. The van der Waals surface area contributed by atoms with E-state index >= 15 is 0 Å². The van der Waals surface area contributed by atoms with Gasteiger partial charge in [0.15, 0.2) is 24.4 Å². The predicted molar refractivity (Wildman–Crippen MR) is 99.2 cm³/mol. The first-order valence-electron chi connectivity index (χ1n) is 7.70. The van der Waals surface area contributed by atoms with Gasteiger partial charge in [0, 0.05) is 23.6 Å². The summed E-state index contributed by atoms with van der Waals surface area (Å²) < 4.78 is 11.4. The smallest absolute Gasteiger partial charge is 0.260 e. The van der Waals surface area contributed by atoms with Gasteiger partial charge in [-0.2, -0.15) is 0 Å². The van der Waals surface area contributed by atoms with E-state index in [4.69, 9.17) is 9.47 Å². The number of rotatable bonds is 7. The number of carbonyl (C=O) groups excluding carboxylic acids is 2. The van der Waals surface area contributed by atoms with E-state index in [-0.39, 0.29) is 12.5 Å². The molecule has 0 fully saturated rings. The molecule has 0 saturated heterocycles. The summed E-state index contributed by atoms with van der Waals surface area (Å²) in [6.07, 6.45) is 0.711. The van der Waals surface area contributed by atoms with E-state index in [1.54, 1.807) is 24.1 Å². The van der Waals surface area contributed by atoms with Crippen molar-refractivity contribution in [1.82, 2.24) is 4.90 Å². The van der Waals surface area contributed by atoms with Crippen molar-refractivity contribution in [2.24, 2.45) is 0 Å². The van der Waals surface area contributed by atoms with Crippen LogP contribution >= 0.6 is 15.9 Å². The summed E-state index contributed by atoms with van der Waals surface area (Å²) in [6.45, 7) is 2.38. The molecular weight excluding hydrogens is 386 g/mol. The number of hydrogen-bond donors (Lipinski definition) is 0. The fourth-order valence-electron chi connectivity index (χ4n) is 2.29. The number of aldehydes is 1. The molecule has 0 radical (unpaired) electrons. The maximum Gasteiger partial charge on any atom is 0.260 e. The van der Waals surface area contributed by atoms with Gasteiger partial charge < -0.3 is 14.4 Å². The third-order valence-corrected chi connectivity index (χ3v) is 4.54. The number of methoxy groups -OCH3 is 1. The molecule has 0 aliphatic carbocycles. The van der Waals surface area contributed by atoms with Crippen LogP contribution in [0.15, 0.2) is 40.9 Å². The summed E-state index contributed by atoms with van der Waals surface area (Å²) in [5.74, 6) is 0.637. The first-order valence-corrected chi connectivity index (χ1v) is 8.49. The standard InChI is InChI=1S/C19H20BrNO4/c1-13-6-4-5-7-14(13)10-21(2)19(23)12-25-18-8-15(11-22)16(20)9-17(18)24-3/h4-9,11H,10,12H2,1-3H3. The number of benzene rings is 2. The zero-order valence-electron chi connectivity index (χ0n) is 14.4. The first kappa shape index (κ1) is 19.0. The highest BCUT2D eigenvalue weighted by atomic mass is 79.9. The number of hydrogen-bond acceptors (Lipinski definition) is 4. The van der Waals surface area contributed by atoms with Crippen molar-refractivity contribution < 1.29 is 19.1 Å². The highest BCUT2D eigenvalue weighted by Crippen LogP contribution is 2.32. The van der Waals surface area contributed by atoms with Gasteiger partial charge in [-0.25, -0.2) is 0 Å². The molecule has 0 unspecified atom stereocenters. The van der Waals surface area contributed by atoms with Crippen LogP contribution in [0.5, 0.6) is 11.5 Å². The number of halogens is 1. The zero-order valence-corrected chi connectivity index (χ0v) is 16.0. The molecule has 0 atom stereocenters. The fourth-order valence-corrected chi connectivity index (χ4v) is 2.71. The third kappa shape index (κ3) is 4.82. The lowest BCUT2D eigenvalue weighted by molar-refractivity contribution is -0.132. The molecule has 6 heteroatoms. The lowest BCUT2D eigenvalue weighted by Gasteiger charge is -2.19. The Morgan fingerprint density at radius 1 is 1.24 bits per heavy atom. The predicted octanol–water partition coefficient (Wildman–Crippen LogP) is 3.62. The minimum Gasteiger partial charge on any atom is -0.493 e. The van der Waals surface area contributed by atoms with Crippen molar-refractivity contribution >= 4 is 28.1 Å². The molecule has 2 aromatic rings. The normalized spacial score (nSPS) is 10.2. The Hall–Kier alpha value is -2.34. The minimum atomic E-state index is -0.166. The van der Waals surface area contributed by atoms with Crippen LogP contribution in [-0.2, 0) is 11.3 Å². The zero-order chi connectivity index (χ0) is 18.4. The fraction of sp³-hybridized carbons (Fsp3) is 0.263. The largest absolute Gasteiger partial charge is 0.493 e. The SMILES string of the molecule is COc1cc(Br)c(C=O)cc1OCC(=O)N(C)Cc1ccccc1C. The van der Waals surface area contributed by atoms with Crippen LogP contribution in [0.25, 0.3) is 0 Å². The molecule has 0 aromatic heterocycles. The summed E-state index contributed by atoms with van der Waals surface area (Å²) in [7, 11) is 3.23. The summed E-state index contributed by atoms with van der Waals surface area (Å²) in [4.78, 5) is 25.0. The Morgan fingerprint density at radius 3 is 2.60 bits per heavy atom. The second-order valence-corrected chi connectivity index (χ2v) is 6.46. The molecule has 0 N–H and O–H groups in total. The number of likely N-dealkylation sites (N-methyl/N-ethyl adjacent to an activating group) is 1. The third-order valence-electron chi connectivity index (χ3n) is 3.86. The highest BCUT2D eigenvalue weighted by Gasteiger charge is 2.15. The average Bonchev–Trinajstić information content (AvgIpc) is 2.61. The van der Waals surface area contributed by atoms with Gasteiger partial charge in [0.2, 0.25) is 0 Å². The molecule has 0 spiro atoms. The van der Waals surface area contributed by atoms with Gasteiger partial charge in [-0.1, -0.05) is 24.3 Å². The number of amides is 1. The van der Waals surface area contributed by atoms with Crippen molar-refractivity contribution in [3.8, 4) is 11.5 Å². The second kappa shape index (κ2) is 8.67. The molecule has 0 aliphatic rings. The van der Waals surface area contributed by atoms with Crippen LogP contribution in [0.4, 0.5) is 0 Å². The molecule has 0 heterocycles. The monoisotopic (exact) mass is 405 g/mol. The van der Waals surface area contributed by atoms with Crippen LogP contribution in [0.1, 0.15) is 21.5 Å². The van der Waals surface area contributed by atoms with Crippen LogP contribution < -0.4 is 9.47 Å². The van der Waals surface area contributed by atoms with E-state index in [1.165, 1.54) is 7.11 Å². The number of carbonyl (C=O) groups is 2. The van der Waals surface area contributed by atoms with Crippen molar-refractivity contribution in [1.29, 1.82) is 0 Å². The van der Waals surface area contributed by atoms with Crippen molar-refractivity contribution in [3.05, 3.63) is 57.6 Å². The van der Waals surface area contributed by atoms with Gasteiger partial charge in [0.25, 0.3) is 5.91 Å². The number of nitrogens with zero attached hydrogens (tertiary/aromatic N) is 1. The molecular formula is C19H20BrNO4. The van der Waals surface area contributed by atoms with Gasteiger partial charge in [0.1, 0.15) is 0 Å². The van der Waals surface area contributed by atoms with Gasteiger partial charge in [0.05, 0.1) is 7.11 Å². The maximum atomic E-state index is 12.3. The molecule has 2 rings (SSSR count). The average molecular weight is 406 g/mol. The highest BCUT2D eigenvalue weighted by molar-refractivity contribution is 9.10. The Kier molecular flexibility index (Phi) is 6.58. The quantitative estimate of drug-likeness (QED) is 0.660. The van der Waals surface area contributed by atoms with Gasteiger partial charge in [-0.3, -0.25) is 9.59 Å². The molecule has 0 aliphatic heterocycles. The Morgan fingerprint density at radius 2 is 1.96 bits per heavy atom. The maximum absolute atomic E-state index is 12.3. The number of ether oxygens (including phenoxy) is 2. The van der Waals surface area contributed by atoms with Crippen LogP contribution in [-0.4, -0.2) is 37.9 Å². The minimum absolute atomic E-state index is 0.140. The van der Waals surface area contributed by atoms with E-state index < -0.39 is 0 Å². The summed E-state index contributed by atoms with van der Waals surface area (Å²) in [5, 5.41) is 0.